The molecule has 6 heteroatoms. The lowest BCUT2D eigenvalue weighted by atomic mass is 10.3. The van der Waals surface area contributed by atoms with Gasteiger partial charge in [-0.3, -0.25) is 0 Å². The predicted molar refractivity (Wildman–Crippen MR) is 55.9 cm³/mol. The normalized spacial score (nSPS) is 14.3. The van der Waals surface area contributed by atoms with Gasteiger partial charge in [0.1, 0.15) is 6.04 Å². The molecule has 0 saturated heterocycles. The zero-order valence-electron chi connectivity index (χ0n) is 9.84. The zero-order valence-corrected chi connectivity index (χ0v) is 10.7. The van der Waals surface area contributed by atoms with Gasteiger partial charge in [0.05, 0.1) is 6.07 Å². The SMILES string of the molecule is CC(C)N(C(C)C)N(C(C)C#N)P([O-])[O-]. The van der Waals surface area contributed by atoms with Gasteiger partial charge in [-0.15, -0.1) is 0 Å². The van der Waals surface area contributed by atoms with E-state index in [0.29, 0.717) is 0 Å². The van der Waals surface area contributed by atoms with Gasteiger partial charge in [-0.1, -0.05) is 0 Å². The molecule has 0 amide bonds. The third kappa shape index (κ3) is 4.02. The van der Waals surface area contributed by atoms with Gasteiger partial charge in [-0.05, 0) is 34.6 Å². The maximum absolute atomic E-state index is 11.1. The fraction of sp³-hybridized carbons (Fsp3) is 0.889. The monoisotopic (exact) mass is 231 g/mol. The van der Waals surface area contributed by atoms with E-state index in [-0.39, 0.29) is 12.1 Å². The molecular weight excluding hydrogens is 213 g/mol. The summed E-state index contributed by atoms with van der Waals surface area (Å²) in [6.07, 6.45) is 0. The summed E-state index contributed by atoms with van der Waals surface area (Å²) in [5.41, 5.74) is 0. The molecule has 15 heavy (non-hydrogen) atoms. The molecule has 0 bridgehead atoms. The van der Waals surface area contributed by atoms with Crippen LogP contribution in [0.2, 0.25) is 0 Å². The lowest BCUT2D eigenvalue weighted by molar-refractivity contribution is -0.320. The van der Waals surface area contributed by atoms with Crippen LogP contribution < -0.4 is 9.79 Å². The van der Waals surface area contributed by atoms with Crippen molar-refractivity contribution in [2.24, 2.45) is 0 Å². The van der Waals surface area contributed by atoms with Crippen molar-refractivity contribution in [3.05, 3.63) is 0 Å². The Hall–Kier alpha value is -0.240. The molecule has 0 saturated carbocycles. The second-order valence-corrected chi connectivity index (χ2v) is 4.82. The Morgan fingerprint density at radius 2 is 1.47 bits per heavy atom. The summed E-state index contributed by atoms with van der Waals surface area (Å²) >= 11 is 0. The van der Waals surface area contributed by atoms with Crippen LogP contribution in [0.15, 0.2) is 0 Å². The average Bonchev–Trinajstić information content (AvgIpc) is 2.10. The van der Waals surface area contributed by atoms with Crippen molar-refractivity contribution in [2.45, 2.75) is 52.7 Å². The summed E-state index contributed by atoms with van der Waals surface area (Å²) in [5.74, 6) is 0. The van der Waals surface area contributed by atoms with E-state index >= 15 is 0 Å². The molecule has 1 atom stereocenters. The highest BCUT2D eigenvalue weighted by molar-refractivity contribution is 7.39. The third-order valence-corrected chi connectivity index (χ3v) is 2.88. The number of nitriles is 1. The first-order valence-electron chi connectivity index (χ1n) is 4.94. The third-order valence-electron chi connectivity index (χ3n) is 2.00. The quantitative estimate of drug-likeness (QED) is 0.498. The Labute approximate surface area is 92.9 Å². The van der Waals surface area contributed by atoms with E-state index in [0.717, 1.165) is 4.78 Å². The fourth-order valence-corrected chi connectivity index (χ4v) is 2.46. The molecule has 0 rings (SSSR count). The van der Waals surface area contributed by atoms with Crippen LogP contribution >= 0.6 is 8.53 Å². The van der Waals surface area contributed by atoms with Gasteiger partial charge in [0, 0.05) is 12.1 Å². The van der Waals surface area contributed by atoms with Crippen LogP contribution in [0.5, 0.6) is 0 Å². The summed E-state index contributed by atoms with van der Waals surface area (Å²) in [7, 11) is -2.78. The molecule has 0 aliphatic carbocycles. The summed E-state index contributed by atoms with van der Waals surface area (Å²) < 4.78 is 1.13. The Morgan fingerprint density at radius 1 is 1.07 bits per heavy atom. The number of hydrogen-bond donors (Lipinski definition) is 0. The molecule has 0 heterocycles. The van der Waals surface area contributed by atoms with Crippen molar-refractivity contribution >= 4 is 8.53 Å². The minimum absolute atomic E-state index is 0.0358. The smallest absolute Gasteiger partial charge is 0.110 e. The average molecular weight is 231 g/mol. The first-order valence-corrected chi connectivity index (χ1v) is 6.07. The van der Waals surface area contributed by atoms with E-state index < -0.39 is 14.6 Å². The van der Waals surface area contributed by atoms with Gasteiger partial charge >= 0.3 is 0 Å². The van der Waals surface area contributed by atoms with Crippen LogP contribution in [0.25, 0.3) is 0 Å². The highest BCUT2D eigenvalue weighted by Gasteiger charge is 2.23. The van der Waals surface area contributed by atoms with Gasteiger partial charge in [0.25, 0.3) is 0 Å². The van der Waals surface area contributed by atoms with Crippen LogP contribution in [0.4, 0.5) is 0 Å². The second-order valence-electron chi connectivity index (χ2n) is 3.93. The van der Waals surface area contributed by atoms with Crippen molar-refractivity contribution in [2.75, 3.05) is 0 Å². The maximum Gasteiger partial charge on any atom is 0.110 e. The summed E-state index contributed by atoms with van der Waals surface area (Å²) in [6, 6.07) is 1.34. The van der Waals surface area contributed by atoms with Crippen molar-refractivity contribution in [3.8, 4) is 6.07 Å². The Balaban J connectivity index is 4.94. The molecule has 5 nitrogen and oxygen atoms in total. The molecule has 0 fully saturated rings. The van der Waals surface area contributed by atoms with Gasteiger partial charge in [0.2, 0.25) is 0 Å². The number of hydrazine groups is 1. The minimum Gasteiger partial charge on any atom is -0.829 e. The molecule has 0 radical (unpaired) electrons. The molecule has 0 aromatic rings. The van der Waals surface area contributed by atoms with Crippen molar-refractivity contribution in [1.82, 2.24) is 9.79 Å². The van der Waals surface area contributed by atoms with E-state index in [1.165, 1.54) is 0 Å². The lowest BCUT2D eigenvalue weighted by Gasteiger charge is -2.53. The largest absolute Gasteiger partial charge is 0.829 e. The topological polar surface area (TPSA) is 76.4 Å². The van der Waals surface area contributed by atoms with E-state index in [1.54, 1.807) is 11.9 Å². The highest BCUT2D eigenvalue weighted by Crippen LogP contribution is 2.29. The van der Waals surface area contributed by atoms with Crippen LogP contribution in [0.3, 0.4) is 0 Å². The summed E-state index contributed by atoms with van der Waals surface area (Å²) in [6.45, 7) is 9.17. The summed E-state index contributed by atoms with van der Waals surface area (Å²) in [4.78, 5) is 22.2. The van der Waals surface area contributed by atoms with Crippen LogP contribution in [0.1, 0.15) is 34.6 Å². The maximum atomic E-state index is 11.1. The van der Waals surface area contributed by atoms with E-state index in [2.05, 4.69) is 0 Å². The van der Waals surface area contributed by atoms with Gasteiger partial charge in [0.15, 0.2) is 0 Å². The molecule has 0 aliphatic heterocycles. The second kappa shape index (κ2) is 6.37. The van der Waals surface area contributed by atoms with E-state index in [4.69, 9.17) is 5.26 Å². The molecule has 0 aromatic carbocycles. The molecule has 0 aromatic heterocycles. The zero-order chi connectivity index (χ0) is 12.2. The Morgan fingerprint density at radius 3 is 1.67 bits per heavy atom. The highest BCUT2D eigenvalue weighted by atomic mass is 31.2. The van der Waals surface area contributed by atoms with Crippen molar-refractivity contribution < 1.29 is 9.79 Å². The fourth-order valence-electron chi connectivity index (χ4n) is 1.55. The lowest BCUT2D eigenvalue weighted by Crippen LogP contribution is -2.53. The van der Waals surface area contributed by atoms with Crippen LogP contribution in [-0.4, -0.2) is 27.9 Å². The number of hydrogen-bond acceptors (Lipinski definition) is 5. The molecule has 88 valence electrons. The van der Waals surface area contributed by atoms with Crippen LogP contribution in [-0.2, 0) is 0 Å². The Kier molecular flexibility index (Phi) is 6.26. The first-order chi connectivity index (χ1) is 6.82. The standard InChI is InChI=1S/C9H18N3O2P/c1-7(2)11(8(3)4)12(15(13)14)9(5)6-10/h7-9H,1-5H3/q-2. The number of nitrogens with zero attached hydrogens (tertiary/aromatic N) is 3. The molecule has 0 N–H and O–H groups in total. The first kappa shape index (κ1) is 14.8. The molecule has 0 aliphatic rings. The molecule has 1 unspecified atom stereocenters. The van der Waals surface area contributed by atoms with Gasteiger partial charge in [-0.2, -0.15) is 5.26 Å². The van der Waals surface area contributed by atoms with Gasteiger partial charge < -0.3 is 9.79 Å². The minimum atomic E-state index is -2.78. The number of rotatable bonds is 5. The van der Waals surface area contributed by atoms with E-state index in [1.807, 2.05) is 33.8 Å². The predicted octanol–water partition coefficient (Wildman–Crippen LogP) is 0.182. The Bertz CT molecular complexity index is 220. The van der Waals surface area contributed by atoms with Gasteiger partial charge in [-0.25, -0.2) is 18.3 Å². The van der Waals surface area contributed by atoms with Crippen LogP contribution in [0, 0.1) is 11.3 Å². The summed E-state index contributed by atoms with van der Waals surface area (Å²) in [5, 5.41) is 10.5. The van der Waals surface area contributed by atoms with Crippen molar-refractivity contribution in [1.29, 1.82) is 5.26 Å². The molecular formula is C9H18N3O2P-2. The molecule has 0 spiro atoms. The van der Waals surface area contributed by atoms with Crippen molar-refractivity contribution in [3.63, 3.8) is 0 Å². The van der Waals surface area contributed by atoms with E-state index in [9.17, 15) is 9.79 Å².